The zero-order valence-electron chi connectivity index (χ0n) is 15.5. The van der Waals surface area contributed by atoms with Gasteiger partial charge in [0.1, 0.15) is 5.75 Å². The molecular formula is C19H20ClN5O2S. The predicted molar refractivity (Wildman–Crippen MR) is 111 cm³/mol. The SMILES string of the molecule is COc1ccccc1-c1nnc(SCC(=O)N(C)Cc2cccc(Cl)c2)n1N. The number of hydrogen-bond acceptors (Lipinski definition) is 6. The van der Waals surface area contributed by atoms with Gasteiger partial charge in [0.05, 0.1) is 18.4 Å². The third kappa shape index (κ3) is 4.58. The van der Waals surface area contributed by atoms with Crippen molar-refractivity contribution >= 4 is 29.3 Å². The number of carbonyl (C=O) groups is 1. The zero-order valence-corrected chi connectivity index (χ0v) is 17.1. The number of nitrogens with two attached hydrogens (primary N) is 1. The number of ether oxygens (including phenoxy) is 1. The molecule has 0 saturated carbocycles. The molecule has 0 spiro atoms. The first kappa shape index (κ1) is 20.0. The van der Waals surface area contributed by atoms with Crippen molar-refractivity contribution in [2.24, 2.45) is 0 Å². The Morgan fingerprint density at radius 3 is 2.79 bits per heavy atom. The third-order valence-corrected chi connectivity index (χ3v) is 5.23. The van der Waals surface area contributed by atoms with Gasteiger partial charge in [-0.25, -0.2) is 4.68 Å². The summed E-state index contributed by atoms with van der Waals surface area (Å²) in [7, 11) is 3.33. The van der Waals surface area contributed by atoms with E-state index in [9.17, 15) is 4.79 Å². The molecule has 1 heterocycles. The molecule has 0 saturated heterocycles. The molecule has 146 valence electrons. The van der Waals surface area contributed by atoms with Gasteiger partial charge in [0, 0.05) is 18.6 Å². The summed E-state index contributed by atoms with van der Waals surface area (Å²) in [5.41, 5.74) is 1.70. The van der Waals surface area contributed by atoms with E-state index < -0.39 is 0 Å². The van der Waals surface area contributed by atoms with Crippen molar-refractivity contribution in [3.8, 4) is 17.1 Å². The minimum atomic E-state index is -0.0492. The summed E-state index contributed by atoms with van der Waals surface area (Å²) < 4.78 is 6.71. The van der Waals surface area contributed by atoms with Gasteiger partial charge in [-0.3, -0.25) is 4.79 Å². The average molecular weight is 418 g/mol. The molecule has 0 aliphatic carbocycles. The number of nitrogens with zero attached hydrogens (tertiary/aromatic N) is 4. The fourth-order valence-electron chi connectivity index (χ4n) is 2.62. The second kappa shape index (κ2) is 8.99. The quantitative estimate of drug-likeness (QED) is 0.469. The molecule has 2 aromatic carbocycles. The number of para-hydroxylation sites is 1. The monoisotopic (exact) mass is 417 g/mol. The standard InChI is InChI=1S/C19H20ClN5O2S/c1-24(11-13-6-5-7-14(20)10-13)17(26)12-28-19-23-22-18(25(19)21)15-8-3-4-9-16(15)27-2/h3-10H,11-12,21H2,1-2H3. The van der Waals surface area contributed by atoms with Gasteiger partial charge in [-0.2, -0.15) is 0 Å². The Morgan fingerprint density at radius 2 is 2.04 bits per heavy atom. The Balaban J connectivity index is 1.65. The maximum absolute atomic E-state index is 12.4. The molecule has 0 bridgehead atoms. The van der Waals surface area contributed by atoms with Crippen LogP contribution in [-0.2, 0) is 11.3 Å². The fraction of sp³-hybridized carbons (Fsp3) is 0.211. The van der Waals surface area contributed by atoms with Crippen molar-refractivity contribution in [2.45, 2.75) is 11.7 Å². The molecule has 1 aromatic heterocycles. The smallest absolute Gasteiger partial charge is 0.233 e. The minimum absolute atomic E-state index is 0.0492. The van der Waals surface area contributed by atoms with Crippen LogP contribution in [0.4, 0.5) is 0 Å². The number of methoxy groups -OCH3 is 1. The Kier molecular flexibility index (Phi) is 6.43. The van der Waals surface area contributed by atoms with Gasteiger partial charge in [0.15, 0.2) is 5.82 Å². The number of rotatable bonds is 7. The summed E-state index contributed by atoms with van der Waals surface area (Å²) >= 11 is 7.22. The van der Waals surface area contributed by atoms with Gasteiger partial charge in [-0.15, -0.1) is 10.2 Å². The topological polar surface area (TPSA) is 86.3 Å². The Hall–Kier alpha value is -2.71. The van der Waals surface area contributed by atoms with E-state index in [2.05, 4.69) is 10.2 Å². The van der Waals surface area contributed by atoms with Crippen LogP contribution < -0.4 is 10.6 Å². The van der Waals surface area contributed by atoms with Crippen molar-refractivity contribution in [1.82, 2.24) is 19.8 Å². The predicted octanol–water partition coefficient (Wildman–Crippen LogP) is 3.07. The van der Waals surface area contributed by atoms with Gasteiger partial charge in [-0.1, -0.05) is 47.6 Å². The maximum atomic E-state index is 12.4. The molecular weight excluding hydrogens is 398 g/mol. The summed E-state index contributed by atoms with van der Waals surface area (Å²) in [5, 5.41) is 9.34. The van der Waals surface area contributed by atoms with Crippen molar-refractivity contribution in [2.75, 3.05) is 25.8 Å². The lowest BCUT2D eigenvalue weighted by atomic mass is 10.2. The number of thioether (sulfide) groups is 1. The summed E-state index contributed by atoms with van der Waals surface area (Å²) in [6, 6.07) is 14.8. The molecule has 3 rings (SSSR count). The van der Waals surface area contributed by atoms with E-state index >= 15 is 0 Å². The Morgan fingerprint density at radius 1 is 1.25 bits per heavy atom. The lowest BCUT2D eigenvalue weighted by molar-refractivity contribution is -0.127. The normalized spacial score (nSPS) is 10.7. The molecule has 0 aliphatic heterocycles. The van der Waals surface area contributed by atoms with Gasteiger partial charge in [0.25, 0.3) is 0 Å². The van der Waals surface area contributed by atoms with Crippen LogP contribution >= 0.6 is 23.4 Å². The second-order valence-electron chi connectivity index (χ2n) is 6.04. The second-order valence-corrected chi connectivity index (χ2v) is 7.42. The molecule has 0 atom stereocenters. The summed E-state index contributed by atoms with van der Waals surface area (Å²) in [5.74, 6) is 7.40. The van der Waals surface area contributed by atoms with Crippen LogP contribution in [0.3, 0.4) is 0 Å². The lowest BCUT2D eigenvalue weighted by Gasteiger charge is -2.17. The van der Waals surface area contributed by atoms with Gasteiger partial charge in [-0.05, 0) is 29.8 Å². The molecule has 7 nitrogen and oxygen atoms in total. The van der Waals surface area contributed by atoms with E-state index in [4.69, 9.17) is 22.2 Å². The molecule has 2 N–H and O–H groups in total. The van der Waals surface area contributed by atoms with Crippen molar-refractivity contribution in [3.63, 3.8) is 0 Å². The van der Waals surface area contributed by atoms with Crippen LogP contribution in [0.15, 0.2) is 53.7 Å². The van der Waals surface area contributed by atoms with E-state index in [-0.39, 0.29) is 11.7 Å². The highest BCUT2D eigenvalue weighted by Crippen LogP contribution is 2.29. The number of hydrogen-bond donors (Lipinski definition) is 1. The van der Waals surface area contributed by atoms with Gasteiger partial charge >= 0.3 is 0 Å². The highest BCUT2D eigenvalue weighted by atomic mass is 35.5. The van der Waals surface area contributed by atoms with Crippen molar-refractivity contribution in [3.05, 3.63) is 59.1 Å². The van der Waals surface area contributed by atoms with Crippen LogP contribution in [0, 0.1) is 0 Å². The first-order valence-corrected chi connectivity index (χ1v) is 9.81. The minimum Gasteiger partial charge on any atom is -0.496 e. The molecule has 28 heavy (non-hydrogen) atoms. The van der Waals surface area contributed by atoms with E-state index in [0.717, 1.165) is 11.1 Å². The number of amides is 1. The average Bonchev–Trinajstić information content (AvgIpc) is 3.06. The molecule has 0 fully saturated rings. The Labute approximate surface area is 172 Å². The van der Waals surface area contributed by atoms with Crippen molar-refractivity contribution in [1.29, 1.82) is 0 Å². The van der Waals surface area contributed by atoms with Gasteiger partial charge in [0.2, 0.25) is 11.1 Å². The number of nitrogen functional groups attached to an aromatic ring is 1. The maximum Gasteiger partial charge on any atom is 0.233 e. The van der Waals surface area contributed by atoms with E-state index in [0.29, 0.717) is 28.3 Å². The van der Waals surface area contributed by atoms with Crippen LogP contribution in [0.1, 0.15) is 5.56 Å². The highest BCUT2D eigenvalue weighted by Gasteiger charge is 2.17. The number of aromatic nitrogens is 3. The first-order chi connectivity index (χ1) is 13.5. The molecule has 0 unspecified atom stereocenters. The fourth-order valence-corrected chi connectivity index (χ4v) is 3.63. The van der Waals surface area contributed by atoms with E-state index in [1.807, 2.05) is 42.5 Å². The molecule has 0 radical (unpaired) electrons. The molecule has 3 aromatic rings. The summed E-state index contributed by atoms with van der Waals surface area (Å²) in [4.78, 5) is 14.1. The number of carbonyl (C=O) groups excluding carboxylic acids is 1. The Bertz CT molecular complexity index is 978. The summed E-state index contributed by atoms with van der Waals surface area (Å²) in [6.07, 6.45) is 0. The zero-order chi connectivity index (χ0) is 20.1. The van der Waals surface area contributed by atoms with E-state index in [1.165, 1.54) is 16.4 Å². The number of benzene rings is 2. The van der Waals surface area contributed by atoms with Crippen LogP contribution in [0.2, 0.25) is 5.02 Å². The molecule has 1 amide bonds. The molecule has 0 aliphatic rings. The van der Waals surface area contributed by atoms with Gasteiger partial charge < -0.3 is 15.5 Å². The first-order valence-electron chi connectivity index (χ1n) is 8.44. The lowest BCUT2D eigenvalue weighted by Crippen LogP contribution is -2.28. The number of halogens is 1. The van der Waals surface area contributed by atoms with Crippen LogP contribution in [0.25, 0.3) is 11.4 Å². The van der Waals surface area contributed by atoms with Crippen LogP contribution in [0.5, 0.6) is 5.75 Å². The third-order valence-electron chi connectivity index (χ3n) is 4.07. The molecule has 9 heteroatoms. The van der Waals surface area contributed by atoms with Crippen molar-refractivity contribution < 1.29 is 9.53 Å². The highest BCUT2D eigenvalue weighted by molar-refractivity contribution is 7.99. The largest absolute Gasteiger partial charge is 0.496 e. The van der Waals surface area contributed by atoms with Crippen LogP contribution in [-0.4, -0.2) is 45.6 Å². The summed E-state index contributed by atoms with van der Waals surface area (Å²) in [6.45, 7) is 0.474. The van der Waals surface area contributed by atoms with E-state index in [1.54, 1.807) is 25.1 Å².